The van der Waals surface area contributed by atoms with Crippen molar-refractivity contribution < 1.29 is 17.6 Å². The zero-order valence-electron chi connectivity index (χ0n) is 15.9. The van der Waals surface area contributed by atoms with Crippen molar-refractivity contribution >= 4 is 55.3 Å². The Morgan fingerprint density at radius 1 is 1.34 bits per heavy atom. The first-order valence-corrected chi connectivity index (χ1v) is 12.4. The van der Waals surface area contributed by atoms with Gasteiger partial charge in [-0.15, -0.1) is 11.3 Å². The van der Waals surface area contributed by atoms with E-state index in [1.807, 2.05) is 24.3 Å². The first kappa shape index (κ1) is 20.3. The molecule has 1 N–H and O–H groups in total. The summed E-state index contributed by atoms with van der Waals surface area (Å²) in [6.07, 6.45) is 0.547. The number of sulfonamides is 1. The van der Waals surface area contributed by atoms with Crippen molar-refractivity contribution in [2.75, 3.05) is 17.6 Å². The number of aromatic nitrogens is 2. The smallest absolute Gasteiger partial charge is 0.257 e. The van der Waals surface area contributed by atoms with E-state index in [1.165, 1.54) is 27.4 Å². The van der Waals surface area contributed by atoms with E-state index in [0.717, 1.165) is 16.1 Å². The molecule has 4 rings (SSSR count). The van der Waals surface area contributed by atoms with Gasteiger partial charge in [0.15, 0.2) is 10.7 Å². The summed E-state index contributed by atoms with van der Waals surface area (Å²) in [5, 5.41) is 3.26. The van der Waals surface area contributed by atoms with E-state index in [0.29, 0.717) is 35.4 Å². The summed E-state index contributed by atoms with van der Waals surface area (Å²) < 4.78 is 31.9. The summed E-state index contributed by atoms with van der Waals surface area (Å²) in [5.41, 5.74) is 2.29. The van der Waals surface area contributed by atoms with Gasteiger partial charge in [0, 0.05) is 24.4 Å². The first-order valence-electron chi connectivity index (χ1n) is 9.08. The predicted octanol–water partition coefficient (Wildman–Crippen LogP) is 3.11. The topological polar surface area (TPSA) is 105 Å². The average molecular weight is 453 g/mol. The summed E-state index contributed by atoms with van der Waals surface area (Å²) >= 11 is 2.54. The molecular formula is C18H20N4O4S3. The van der Waals surface area contributed by atoms with E-state index in [4.69, 9.17) is 4.42 Å². The molecular weight excluding hydrogens is 432 g/mol. The SMILES string of the molecule is CC(C)S(=O)(=O)N1CCc2nc(NC(=O)CSc3nc4ccccc4o3)sc2C1. The van der Waals surface area contributed by atoms with E-state index < -0.39 is 15.3 Å². The second kappa shape index (κ2) is 8.05. The number of fused-ring (bicyclic) bond motifs is 2. The lowest BCUT2D eigenvalue weighted by atomic mass is 10.2. The molecule has 1 aliphatic rings. The number of carbonyl (C=O) groups is 1. The minimum absolute atomic E-state index is 0.144. The van der Waals surface area contributed by atoms with Crippen molar-refractivity contribution in [1.82, 2.24) is 14.3 Å². The van der Waals surface area contributed by atoms with Crippen LogP contribution in [0.2, 0.25) is 0 Å². The van der Waals surface area contributed by atoms with Crippen molar-refractivity contribution in [3.63, 3.8) is 0 Å². The Labute approximate surface area is 176 Å². The maximum atomic E-state index is 12.4. The third-order valence-electron chi connectivity index (χ3n) is 4.50. The molecule has 0 aliphatic carbocycles. The van der Waals surface area contributed by atoms with Crippen LogP contribution in [-0.4, -0.2) is 46.1 Å². The van der Waals surface area contributed by atoms with Crippen LogP contribution in [0.5, 0.6) is 0 Å². The molecule has 0 bridgehead atoms. The highest BCUT2D eigenvalue weighted by Crippen LogP contribution is 2.30. The van der Waals surface area contributed by atoms with Crippen LogP contribution in [0.15, 0.2) is 33.9 Å². The van der Waals surface area contributed by atoms with Crippen molar-refractivity contribution in [2.45, 2.75) is 37.3 Å². The van der Waals surface area contributed by atoms with Gasteiger partial charge in [0.2, 0.25) is 15.9 Å². The molecule has 1 amide bonds. The Hall–Kier alpha value is -1.95. The number of hydrogen-bond acceptors (Lipinski definition) is 8. The Balaban J connectivity index is 1.37. The molecule has 1 aliphatic heterocycles. The van der Waals surface area contributed by atoms with Gasteiger partial charge >= 0.3 is 0 Å². The van der Waals surface area contributed by atoms with Gasteiger partial charge in [-0.25, -0.2) is 18.4 Å². The number of hydrogen-bond donors (Lipinski definition) is 1. The monoisotopic (exact) mass is 452 g/mol. The molecule has 0 saturated carbocycles. The van der Waals surface area contributed by atoms with E-state index in [9.17, 15) is 13.2 Å². The molecule has 2 aromatic heterocycles. The van der Waals surface area contributed by atoms with Gasteiger partial charge in [-0.05, 0) is 26.0 Å². The Bertz CT molecular complexity index is 1120. The standard InChI is InChI=1S/C18H20N4O4S3/c1-11(2)29(24,25)22-8-7-13-15(9-22)28-17(19-13)21-16(23)10-27-18-20-12-5-3-4-6-14(12)26-18/h3-6,11H,7-10H2,1-2H3,(H,19,21,23). The largest absolute Gasteiger partial charge is 0.431 e. The van der Waals surface area contributed by atoms with E-state index in [2.05, 4.69) is 15.3 Å². The highest BCUT2D eigenvalue weighted by molar-refractivity contribution is 7.99. The molecule has 0 atom stereocenters. The van der Waals surface area contributed by atoms with Crippen molar-refractivity contribution in [1.29, 1.82) is 0 Å². The lowest BCUT2D eigenvalue weighted by Crippen LogP contribution is -2.39. The van der Waals surface area contributed by atoms with E-state index >= 15 is 0 Å². The maximum Gasteiger partial charge on any atom is 0.257 e. The fourth-order valence-corrected chi connectivity index (χ4v) is 5.95. The van der Waals surface area contributed by atoms with Crippen LogP contribution in [0.3, 0.4) is 0 Å². The second-order valence-corrected chi connectivity index (χ2v) is 11.3. The number of oxazole rings is 1. The van der Waals surface area contributed by atoms with Crippen LogP contribution in [-0.2, 0) is 27.8 Å². The van der Waals surface area contributed by atoms with Crippen LogP contribution in [0, 0.1) is 0 Å². The summed E-state index contributed by atoms with van der Waals surface area (Å²) in [5.74, 6) is -0.0692. The van der Waals surface area contributed by atoms with Gasteiger partial charge in [0.05, 0.1) is 16.7 Å². The number of thioether (sulfide) groups is 1. The summed E-state index contributed by atoms with van der Waals surface area (Å²) in [4.78, 5) is 22.0. The lowest BCUT2D eigenvalue weighted by molar-refractivity contribution is -0.113. The Morgan fingerprint density at radius 2 is 2.14 bits per heavy atom. The molecule has 29 heavy (non-hydrogen) atoms. The fourth-order valence-electron chi connectivity index (χ4n) is 2.94. The number of amides is 1. The quantitative estimate of drug-likeness (QED) is 0.573. The van der Waals surface area contributed by atoms with Crippen LogP contribution in [0.25, 0.3) is 11.1 Å². The summed E-state index contributed by atoms with van der Waals surface area (Å²) in [6, 6.07) is 7.43. The van der Waals surface area contributed by atoms with E-state index in [-0.39, 0.29) is 11.7 Å². The lowest BCUT2D eigenvalue weighted by Gasteiger charge is -2.26. The highest BCUT2D eigenvalue weighted by Gasteiger charge is 2.31. The van der Waals surface area contributed by atoms with Crippen LogP contribution >= 0.6 is 23.1 Å². The van der Waals surface area contributed by atoms with Gasteiger partial charge in [-0.3, -0.25) is 4.79 Å². The van der Waals surface area contributed by atoms with Gasteiger partial charge < -0.3 is 9.73 Å². The van der Waals surface area contributed by atoms with Gasteiger partial charge in [0.1, 0.15) is 5.52 Å². The van der Waals surface area contributed by atoms with Crippen molar-refractivity contribution in [3.8, 4) is 0 Å². The fraction of sp³-hybridized carbons (Fsp3) is 0.389. The number of nitrogens with zero attached hydrogens (tertiary/aromatic N) is 3. The molecule has 8 nitrogen and oxygen atoms in total. The Kier molecular flexibility index (Phi) is 5.65. The predicted molar refractivity (Wildman–Crippen MR) is 114 cm³/mol. The molecule has 0 unspecified atom stereocenters. The molecule has 0 radical (unpaired) electrons. The zero-order chi connectivity index (χ0) is 20.6. The number of nitrogens with one attached hydrogen (secondary N) is 1. The third kappa shape index (κ3) is 4.32. The van der Waals surface area contributed by atoms with Gasteiger partial charge in [0.25, 0.3) is 5.22 Å². The van der Waals surface area contributed by atoms with Gasteiger partial charge in [-0.1, -0.05) is 23.9 Å². The minimum Gasteiger partial charge on any atom is -0.431 e. The molecule has 0 saturated heterocycles. The molecule has 3 aromatic rings. The molecule has 0 spiro atoms. The third-order valence-corrected chi connectivity index (χ3v) is 8.55. The van der Waals surface area contributed by atoms with Crippen molar-refractivity contribution in [3.05, 3.63) is 34.8 Å². The summed E-state index contributed by atoms with van der Waals surface area (Å²) in [7, 11) is -3.30. The van der Waals surface area contributed by atoms with E-state index in [1.54, 1.807) is 13.8 Å². The number of carbonyl (C=O) groups excluding carboxylic acids is 1. The zero-order valence-corrected chi connectivity index (χ0v) is 18.4. The average Bonchev–Trinajstić information content (AvgIpc) is 3.28. The number of thiazole rings is 1. The molecule has 3 heterocycles. The highest BCUT2D eigenvalue weighted by atomic mass is 32.2. The van der Waals surface area contributed by atoms with Crippen LogP contribution in [0.1, 0.15) is 24.4 Å². The molecule has 1 aromatic carbocycles. The Morgan fingerprint density at radius 3 is 2.90 bits per heavy atom. The number of rotatable bonds is 6. The minimum atomic E-state index is -3.30. The second-order valence-electron chi connectivity index (χ2n) is 6.85. The first-order chi connectivity index (χ1) is 13.8. The van der Waals surface area contributed by atoms with Gasteiger partial charge in [-0.2, -0.15) is 4.31 Å². The number of benzene rings is 1. The van der Waals surface area contributed by atoms with Crippen LogP contribution < -0.4 is 5.32 Å². The maximum absolute atomic E-state index is 12.4. The van der Waals surface area contributed by atoms with Crippen LogP contribution in [0.4, 0.5) is 5.13 Å². The molecule has 11 heteroatoms. The summed E-state index contributed by atoms with van der Waals surface area (Å²) in [6.45, 7) is 4.08. The normalized spacial score (nSPS) is 15.0. The number of para-hydroxylation sites is 2. The number of anilines is 1. The molecule has 0 fully saturated rings. The molecule has 154 valence electrons. The van der Waals surface area contributed by atoms with Crippen molar-refractivity contribution in [2.24, 2.45) is 0 Å².